The van der Waals surface area contributed by atoms with Gasteiger partial charge in [-0.1, -0.05) is 72.4 Å². The maximum absolute atomic E-state index is 6.70. The Labute approximate surface area is 201 Å². The molecule has 0 radical (unpaired) electrons. The summed E-state index contributed by atoms with van der Waals surface area (Å²) in [5.41, 5.74) is 6.80. The molecule has 0 saturated heterocycles. The number of anilines is 2. The van der Waals surface area contributed by atoms with E-state index in [4.69, 9.17) is 9.40 Å². The third-order valence-electron chi connectivity index (χ3n) is 7.64. The lowest BCUT2D eigenvalue weighted by molar-refractivity contribution is 0.521. The van der Waals surface area contributed by atoms with Crippen LogP contribution in [0.3, 0.4) is 0 Å². The van der Waals surface area contributed by atoms with E-state index in [0.717, 1.165) is 16.8 Å². The van der Waals surface area contributed by atoms with Crippen molar-refractivity contribution in [1.29, 1.82) is 0 Å². The average molecular weight is 457 g/mol. The zero-order valence-electron chi connectivity index (χ0n) is 18.5. The third-order valence-corrected chi connectivity index (χ3v) is 9.05. The number of para-hydroxylation sites is 2. The monoisotopic (exact) mass is 456 g/mol. The van der Waals surface area contributed by atoms with Crippen molar-refractivity contribution in [1.82, 2.24) is 4.98 Å². The zero-order valence-corrected chi connectivity index (χ0v) is 19.3. The molecule has 2 unspecified atom stereocenters. The van der Waals surface area contributed by atoms with E-state index < -0.39 is 0 Å². The lowest BCUT2D eigenvalue weighted by Gasteiger charge is -2.37. The van der Waals surface area contributed by atoms with Crippen molar-refractivity contribution in [2.75, 3.05) is 4.90 Å². The smallest absolute Gasteiger partial charge is 0.156 e. The predicted molar refractivity (Wildman–Crippen MR) is 137 cm³/mol. The number of pyridine rings is 1. The molecular weight excluding hydrogens is 436 g/mol. The first-order valence-electron chi connectivity index (χ1n) is 11.6. The molecule has 0 bridgehead atoms. The molecule has 0 N–H and O–H groups in total. The molecule has 0 spiro atoms. The number of fused-ring (bicyclic) bond motifs is 10. The van der Waals surface area contributed by atoms with Crippen molar-refractivity contribution >= 4 is 44.8 Å². The Kier molecular flexibility index (Phi) is 3.52. The summed E-state index contributed by atoms with van der Waals surface area (Å²) in [6.45, 7) is 2.43. The Bertz CT molecular complexity index is 1770. The first-order valence-corrected chi connectivity index (χ1v) is 12.4. The minimum atomic E-state index is -0.199. The van der Waals surface area contributed by atoms with Crippen LogP contribution in [0.2, 0.25) is 0 Å². The number of benzene rings is 3. The topological polar surface area (TPSA) is 29.3 Å². The Balaban J connectivity index is 1.61. The van der Waals surface area contributed by atoms with E-state index in [1.807, 2.05) is 24.0 Å². The minimum Gasteiger partial charge on any atom is -0.454 e. The van der Waals surface area contributed by atoms with Gasteiger partial charge >= 0.3 is 0 Å². The largest absolute Gasteiger partial charge is 0.454 e. The fourth-order valence-corrected chi connectivity index (χ4v) is 7.76. The lowest BCUT2D eigenvalue weighted by Crippen LogP contribution is -2.44. The van der Waals surface area contributed by atoms with E-state index in [0.29, 0.717) is 0 Å². The number of thioether (sulfide) groups is 1. The molecule has 162 valence electrons. The number of nitrogens with zero attached hydrogens (tertiary/aromatic N) is 2. The molecule has 8 rings (SSSR count). The summed E-state index contributed by atoms with van der Waals surface area (Å²) in [5.74, 6) is 1.05. The second-order valence-corrected chi connectivity index (χ2v) is 10.4. The van der Waals surface area contributed by atoms with Crippen LogP contribution in [0, 0.1) is 0 Å². The number of furan rings is 1. The van der Waals surface area contributed by atoms with Crippen LogP contribution in [0.1, 0.15) is 24.0 Å². The van der Waals surface area contributed by atoms with Crippen molar-refractivity contribution in [2.24, 2.45) is 0 Å². The summed E-state index contributed by atoms with van der Waals surface area (Å²) in [7, 11) is 0. The van der Waals surface area contributed by atoms with Gasteiger partial charge in [0.1, 0.15) is 11.4 Å². The van der Waals surface area contributed by atoms with Gasteiger partial charge in [0, 0.05) is 37.9 Å². The highest BCUT2D eigenvalue weighted by molar-refractivity contribution is 8.08. The van der Waals surface area contributed by atoms with Crippen LogP contribution in [0.25, 0.3) is 21.6 Å². The molecule has 4 heteroatoms. The van der Waals surface area contributed by atoms with E-state index >= 15 is 0 Å². The van der Waals surface area contributed by atoms with E-state index in [9.17, 15) is 0 Å². The SMILES string of the molecule is CC12C(=c3c(oc4ccccc34)=C3C1c1ccccc1N3c1ccccn1)Sc1ccccc12. The number of aromatic nitrogens is 1. The van der Waals surface area contributed by atoms with Crippen LogP contribution in [0.4, 0.5) is 11.5 Å². The summed E-state index contributed by atoms with van der Waals surface area (Å²) >= 11 is 1.91. The minimum absolute atomic E-state index is 0.130. The van der Waals surface area contributed by atoms with Gasteiger partial charge in [0.15, 0.2) is 5.42 Å². The fourth-order valence-electron chi connectivity index (χ4n) is 6.26. The van der Waals surface area contributed by atoms with Crippen molar-refractivity contribution in [3.05, 3.63) is 119 Å². The molecule has 2 aliphatic heterocycles. The molecular formula is C30H20N2OS. The summed E-state index contributed by atoms with van der Waals surface area (Å²) in [5, 5.41) is 2.42. The van der Waals surface area contributed by atoms with E-state index in [1.165, 1.54) is 42.9 Å². The second-order valence-electron chi connectivity index (χ2n) is 9.33. The van der Waals surface area contributed by atoms with E-state index in [1.54, 1.807) is 0 Å². The van der Waals surface area contributed by atoms with Crippen molar-refractivity contribution in [2.45, 2.75) is 23.2 Å². The van der Waals surface area contributed by atoms with Gasteiger partial charge < -0.3 is 4.42 Å². The van der Waals surface area contributed by atoms with Gasteiger partial charge in [0.25, 0.3) is 0 Å². The van der Waals surface area contributed by atoms with Gasteiger partial charge in [0.05, 0.1) is 11.4 Å². The maximum Gasteiger partial charge on any atom is 0.156 e. The summed E-state index contributed by atoms with van der Waals surface area (Å²) in [6, 6.07) is 32.2. The lowest BCUT2D eigenvalue weighted by atomic mass is 9.66. The fraction of sp³-hybridized carbons (Fsp3) is 0.100. The van der Waals surface area contributed by atoms with Crippen molar-refractivity contribution in [3.8, 4) is 0 Å². The highest BCUT2D eigenvalue weighted by atomic mass is 32.2. The van der Waals surface area contributed by atoms with Crippen molar-refractivity contribution < 1.29 is 4.42 Å². The Morgan fingerprint density at radius 3 is 2.59 bits per heavy atom. The van der Waals surface area contributed by atoms with E-state index in [-0.39, 0.29) is 11.3 Å². The van der Waals surface area contributed by atoms with Gasteiger partial charge in [-0.25, -0.2) is 4.98 Å². The molecule has 0 saturated carbocycles. The summed E-state index contributed by atoms with van der Waals surface area (Å²) in [6.07, 6.45) is 1.87. The van der Waals surface area contributed by atoms with Crippen LogP contribution in [-0.2, 0) is 5.41 Å². The number of hydrogen-bond donors (Lipinski definition) is 0. The molecule has 1 aliphatic carbocycles. The third kappa shape index (κ3) is 2.13. The van der Waals surface area contributed by atoms with Crippen molar-refractivity contribution in [3.63, 3.8) is 0 Å². The summed E-state index contributed by atoms with van der Waals surface area (Å²) in [4.78, 5) is 9.84. The van der Waals surface area contributed by atoms with Gasteiger partial charge in [-0.3, -0.25) is 4.90 Å². The van der Waals surface area contributed by atoms with Crippen LogP contribution < -0.4 is 15.5 Å². The van der Waals surface area contributed by atoms with Gasteiger partial charge in [-0.05, 0) is 48.4 Å². The second kappa shape index (κ2) is 6.43. The molecule has 3 nitrogen and oxygen atoms in total. The quantitative estimate of drug-likeness (QED) is 0.307. The zero-order chi connectivity index (χ0) is 22.4. The molecule has 3 aliphatic rings. The Morgan fingerprint density at radius 2 is 1.68 bits per heavy atom. The molecule has 3 aromatic carbocycles. The highest BCUT2D eigenvalue weighted by Gasteiger charge is 2.55. The Hall–Kier alpha value is -3.76. The molecule has 0 amide bonds. The standard InChI is InChI=1S/C30H20N2OS/c1-30-20-12-4-7-15-23(20)34-29(30)25-19-11-3-6-14-22(19)33-28(25)27-26(30)18-10-2-5-13-21(18)32(27)24-16-8-9-17-31-24/h2-17,26H,1H3. The van der Waals surface area contributed by atoms with Gasteiger partial charge in [0.2, 0.25) is 0 Å². The van der Waals surface area contributed by atoms with Gasteiger partial charge in [-0.2, -0.15) is 0 Å². The predicted octanol–water partition coefficient (Wildman–Crippen LogP) is 6.06. The van der Waals surface area contributed by atoms with Crippen LogP contribution >= 0.6 is 11.8 Å². The first kappa shape index (κ1) is 18.6. The first-order chi connectivity index (χ1) is 16.8. The summed E-state index contributed by atoms with van der Waals surface area (Å²) < 4.78 is 6.70. The Morgan fingerprint density at radius 1 is 0.882 bits per heavy atom. The highest BCUT2D eigenvalue weighted by Crippen LogP contribution is 2.65. The van der Waals surface area contributed by atoms with Crippen LogP contribution in [-0.4, -0.2) is 4.98 Å². The molecule has 0 fully saturated rings. The van der Waals surface area contributed by atoms with Gasteiger partial charge in [-0.15, -0.1) is 0 Å². The van der Waals surface area contributed by atoms with Crippen LogP contribution in [0.15, 0.2) is 107 Å². The number of rotatable bonds is 1. The molecule has 34 heavy (non-hydrogen) atoms. The van der Waals surface area contributed by atoms with Crippen LogP contribution in [0.5, 0.6) is 0 Å². The number of hydrogen-bond acceptors (Lipinski definition) is 4. The van der Waals surface area contributed by atoms with E-state index in [2.05, 4.69) is 96.8 Å². The molecule has 5 aromatic rings. The molecule has 2 atom stereocenters. The molecule has 2 aromatic heterocycles. The normalized spacial score (nSPS) is 21.8. The average Bonchev–Trinajstić information content (AvgIpc) is 3.53. The molecule has 4 heterocycles. The maximum atomic E-state index is 6.70.